The molecular formula is C19H20FNO3. The van der Waals surface area contributed by atoms with Crippen LogP contribution in [0.4, 0.5) is 10.1 Å². The fourth-order valence-corrected chi connectivity index (χ4v) is 2.14. The summed E-state index contributed by atoms with van der Waals surface area (Å²) in [6, 6.07) is 13.1. The zero-order chi connectivity index (χ0) is 17.5. The van der Waals surface area contributed by atoms with Crippen LogP contribution in [0, 0.1) is 5.82 Å². The number of carbonyl (C=O) groups is 2. The third-order valence-electron chi connectivity index (χ3n) is 3.46. The Labute approximate surface area is 140 Å². The lowest BCUT2D eigenvalue weighted by Gasteiger charge is -2.10. The lowest BCUT2D eigenvalue weighted by atomic mass is 10.0. The Balaban J connectivity index is 1.81. The third kappa shape index (κ3) is 5.50. The van der Waals surface area contributed by atoms with E-state index in [9.17, 15) is 14.0 Å². The van der Waals surface area contributed by atoms with Crippen LogP contribution < -0.4 is 5.32 Å². The Hall–Kier alpha value is -2.69. The second-order valence-corrected chi connectivity index (χ2v) is 5.79. The van der Waals surface area contributed by atoms with Gasteiger partial charge in [0.1, 0.15) is 5.82 Å². The molecule has 0 aliphatic carbocycles. The molecule has 0 unspecified atom stereocenters. The molecule has 0 bridgehead atoms. The summed E-state index contributed by atoms with van der Waals surface area (Å²) >= 11 is 0. The largest absolute Gasteiger partial charge is 0.455 e. The summed E-state index contributed by atoms with van der Waals surface area (Å²) in [5.41, 5.74) is 2.41. The highest BCUT2D eigenvalue weighted by atomic mass is 19.1. The molecule has 0 atom stereocenters. The minimum atomic E-state index is -0.535. The minimum Gasteiger partial charge on any atom is -0.455 e. The first-order valence-electron chi connectivity index (χ1n) is 7.74. The van der Waals surface area contributed by atoms with Gasteiger partial charge < -0.3 is 10.1 Å². The average molecular weight is 329 g/mol. The van der Waals surface area contributed by atoms with E-state index < -0.39 is 11.9 Å². The number of halogens is 1. The Morgan fingerprint density at radius 1 is 1.12 bits per heavy atom. The van der Waals surface area contributed by atoms with Crippen LogP contribution in [0.3, 0.4) is 0 Å². The van der Waals surface area contributed by atoms with Crippen molar-refractivity contribution >= 4 is 17.6 Å². The van der Waals surface area contributed by atoms with Crippen molar-refractivity contribution in [3.8, 4) is 0 Å². The Bertz CT molecular complexity index is 711. The summed E-state index contributed by atoms with van der Waals surface area (Å²) in [6.45, 7) is 3.78. The van der Waals surface area contributed by atoms with E-state index in [4.69, 9.17) is 4.74 Å². The Morgan fingerprint density at radius 3 is 2.50 bits per heavy atom. The van der Waals surface area contributed by atoms with Crippen molar-refractivity contribution in [2.45, 2.75) is 26.2 Å². The number of hydrogen-bond donors (Lipinski definition) is 1. The van der Waals surface area contributed by atoms with Crippen LogP contribution in [-0.4, -0.2) is 18.5 Å². The highest BCUT2D eigenvalue weighted by Gasteiger charge is 2.10. The molecule has 1 amide bonds. The van der Waals surface area contributed by atoms with Crippen LogP contribution >= 0.6 is 0 Å². The second kappa shape index (κ2) is 8.24. The maximum absolute atomic E-state index is 12.8. The second-order valence-electron chi connectivity index (χ2n) is 5.79. The number of carbonyl (C=O) groups excluding carboxylic acids is 2. The van der Waals surface area contributed by atoms with Crippen molar-refractivity contribution in [1.29, 1.82) is 0 Å². The molecule has 0 aromatic heterocycles. The van der Waals surface area contributed by atoms with Gasteiger partial charge >= 0.3 is 5.97 Å². The summed E-state index contributed by atoms with van der Waals surface area (Å²) in [5, 5.41) is 2.70. The van der Waals surface area contributed by atoms with Gasteiger partial charge in [-0.25, -0.2) is 4.39 Å². The normalized spacial score (nSPS) is 10.5. The highest BCUT2D eigenvalue weighted by Crippen LogP contribution is 2.18. The maximum Gasteiger partial charge on any atom is 0.310 e. The van der Waals surface area contributed by atoms with E-state index in [1.807, 2.05) is 18.2 Å². The molecule has 0 spiro atoms. The minimum absolute atomic E-state index is 0.00358. The van der Waals surface area contributed by atoms with Gasteiger partial charge in [0.25, 0.3) is 5.91 Å². The number of rotatable bonds is 6. The van der Waals surface area contributed by atoms with E-state index in [0.29, 0.717) is 17.2 Å². The molecule has 1 N–H and O–H groups in total. The molecule has 2 aromatic carbocycles. The van der Waals surface area contributed by atoms with Gasteiger partial charge in [0.05, 0.1) is 6.42 Å². The highest BCUT2D eigenvalue weighted by molar-refractivity contribution is 5.93. The molecule has 0 heterocycles. The predicted molar refractivity (Wildman–Crippen MR) is 90.2 cm³/mol. The number of amides is 1. The molecule has 0 fully saturated rings. The molecule has 0 saturated carbocycles. The third-order valence-corrected chi connectivity index (χ3v) is 3.46. The van der Waals surface area contributed by atoms with Gasteiger partial charge in [-0.3, -0.25) is 9.59 Å². The lowest BCUT2D eigenvalue weighted by molar-refractivity contribution is -0.146. The molecule has 2 aromatic rings. The van der Waals surface area contributed by atoms with E-state index in [1.54, 1.807) is 6.07 Å². The molecule has 4 nitrogen and oxygen atoms in total. The predicted octanol–water partition coefficient (Wildman–Crippen LogP) is 3.67. The topological polar surface area (TPSA) is 55.4 Å². The van der Waals surface area contributed by atoms with Crippen LogP contribution in [-0.2, 0) is 20.7 Å². The van der Waals surface area contributed by atoms with Gasteiger partial charge in [-0.1, -0.05) is 38.1 Å². The molecule has 0 aliphatic heterocycles. The first-order chi connectivity index (χ1) is 11.4. The Kier molecular flexibility index (Phi) is 6.07. The quantitative estimate of drug-likeness (QED) is 0.823. The van der Waals surface area contributed by atoms with Crippen molar-refractivity contribution in [1.82, 2.24) is 0 Å². The number of anilines is 1. The Morgan fingerprint density at radius 2 is 1.83 bits per heavy atom. The van der Waals surface area contributed by atoms with Crippen molar-refractivity contribution in [3.63, 3.8) is 0 Å². The molecule has 24 heavy (non-hydrogen) atoms. The first kappa shape index (κ1) is 17.7. The molecule has 0 radical (unpaired) electrons. The van der Waals surface area contributed by atoms with Crippen LogP contribution in [0.25, 0.3) is 0 Å². The van der Waals surface area contributed by atoms with Gasteiger partial charge in [-0.2, -0.15) is 0 Å². The fraction of sp³-hybridized carbons (Fsp3) is 0.263. The standard InChI is InChI=1S/C19H20FNO3/c1-13(2)15-4-3-5-17(11-15)21-18(22)12-24-19(23)10-14-6-8-16(20)9-7-14/h3-9,11,13H,10,12H2,1-2H3,(H,21,22). The molecule has 2 rings (SSSR count). The molecular weight excluding hydrogens is 309 g/mol. The zero-order valence-electron chi connectivity index (χ0n) is 13.7. The maximum atomic E-state index is 12.8. The van der Waals surface area contributed by atoms with Crippen molar-refractivity contribution in [2.75, 3.05) is 11.9 Å². The molecule has 5 heteroatoms. The smallest absolute Gasteiger partial charge is 0.310 e. The van der Waals surface area contributed by atoms with Gasteiger partial charge in [-0.15, -0.1) is 0 Å². The van der Waals surface area contributed by atoms with Gasteiger partial charge in [0, 0.05) is 5.69 Å². The van der Waals surface area contributed by atoms with Crippen LogP contribution in [0.1, 0.15) is 30.9 Å². The zero-order valence-corrected chi connectivity index (χ0v) is 13.7. The summed E-state index contributed by atoms with van der Waals surface area (Å²) in [5.74, 6) is -0.943. The molecule has 0 aliphatic rings. The van der Waals surface area contributed by atoms with E-state index in [1.165, 1.54) is 24.3 Å². The number of nitrogens with one attached hydrogen (secondary N) is 1. The molecule has 0 saturated heterocycles. The lowest BCUT2D eigenvalue weighted by Crippen LogP contribution is -2.21. The number of benzene rings is 2. The van der Waals surface area contributed by atoms with E-state index in [2.05, 4.69) is 19.2 Å². The summed E-state index contributed by atoms with van der Waals surface area (Å²) in [6.07, 6.45) is -0.00358. The summed E-state index contributed by atoms with van der Waals surface area (Å²) < 4.78 is 17.7. The summed E-state index contributed by atoms with van der Waals surface area (Å²) in [4.78, 5) is 23.6. The summed E-state index contributed by atoms with van der Waals surface area (Å²) in [7, 11) is 0. The van der Waals surface area contributed by atoms with Crippen LogP contribution in [0.5, 0.6) is 0 Å². The number of esters is 1. The number of hydrogen-bond acceptors (Lipinski definition) is 3. The van der Waals surface area contributed by atoms with Gasteiger partial charge in [0.15, 0.2) is 6.61 Å². The van der Waals surface area contributed by atoms with Gasteiger partial charge in [0.2, 0.25) is 0 Å². The first-order valence-corrected chi connectivity index (χ1v) is 7.74. The van der Waals surface area contributed by atoms with Crippen molar-refractivity contribution in [2.24, 2.45) is 0 Å². The van der Waals surface area contributed by atoms with Gasteiger partial charge in [-0.05, 0) is 41.3 Å². The van der Waals surface area contributed by atoms with E-state index >= 15 is 0 Å². The SMILES string of the molecule is CC(C)c1cccc(NC(=O)COC(=O)Cc2ccc(F)cc2)c1. The number of ether oxygens (including phenoxy) is 1. The van der Waals surface area contributed by atoms with Crippen molar-refractivity contribution in [3.05, 3.63) is 65.5 Å². The van der Waals surface area contributed by atoms with Crippen LogP contribution in [0.15, 0.2) is 48.5 Å². The fourth-order valence-electron chi connectivity index (χ4n) is 2.14. The average Bonchev–Trinajstić information content (AvgIpc) is 2.55. The van der Waals surface area contributed by atoms with Crippen LogP contribution in [0.2, 0.25) is 0 Å². The van der Waals surface area contributed by atoms with E-state index in [0.717, 1.165) is 5.56 Å². The monoisotopic (exact) mass is 329 g/mol. The van der Waals surface area contributed by atoms with Crippen molar-refractivity contribution < 1.29 is 18.7 Å². The van der Waals surface area contributed by atoms with E-state index in [-0.39, 0.29) is 18.8 Å². The molecule has 126 valence electrons.